The quantitative estimate of drug-likeness (QED) is 0.789. The molecule has 0 N–H and O–H groups in total. The van der Waals surface area contributed by atoms with Gasteiger partial charge < -0.3 is 4.74 Å². The Hall–Kier alpha value is -1.04. The van der Waals surface area contributed by atoms with Crippen molar-refractivity contribution < 1.29 is 18.3 Å². The van der Waals surface area contributed by atoms with Crippen molar-refractivity contribution in [3.63, 3.8) is 0 Å². The number of hydrogen-bond donors (Lipinski definition) is 0. The molecule has 0 saturated carbocycles. The van der Waals surface area contributed by atoms with Crippen molar-refractivity contribution in [2.45, 2.75) is 6.43 Å². The highest BCUT2D eigenvalue weighted by Gasteiger charge is 2.16. The molecule has 1 rings (SSSR count). The summed E-state index contributed by atoms with van der Waals surface area (Å²) in [6.45, 7) is 0. The predicted molar refractivity (Wildman–Crippen MR) is 48.8 cm³/mol. The van der Waals surface area contributed by atoms with Crippen LogP contribution in [0, 0.1) is 0 Å². The molecular weight excluding hydrogens is 260 g/mol. The Kier molecular flexibility index (Phi) is 3.51. The zero-order valence-corrected chi connectivity index (χ0v) is 8.72. The third-order valence-electron chi connectivity index (χ3n) is 1.53. The summed E-state index contributed by atoms with van der Waals surface area (Å²) in [5.74, 6) is -0.107. The topological polar surface area (TPSA) is 39.2 Å². The van der Waals surface area contributed by atoms with Gasteiger partial charge in [0.2, 0.25) is 5.88 Å². The van der Waals surface area contributed by atoms with E-state index in [0.717, 1.165) is 6.07 Å². The van der Waals surface area contributed by atoms with Crippen molar-refractivity contribution in [1.29, 1.82) is 0 Å². The molecule has 1 aromatic rings. The molecule has 0 aromatic carbocycles. The van der Waals surface area contributed by atoms with Gasteiger partial charge in [-0.3, -0.25) is 4.79 Å². The number of hydrogen-bond acceptors (Lipinski definition) is 3. The largest absolute Gasteiger partial charge is 0.480 e. The van der Waals surface area contributed by atoms with E-state index < -0.39 is 12.1 Å². The van der Waals surface area contributed by atoms with Gasteiger partial charge >= 0.3 is 0 Å². The maximum Gasteiger partial charge on any atom is 0.280 e. The maximum absolute atomic E-state index is 12.3. The lowest BCUT2D eigenvalue weighted by atomic mass is 10.2. The Morgan fingerprint density at radius 1 is 1.64 bits per heavy atom. The normalized spacial score (nSPS) is 10.4. The highest BCUT2D eigenvalue weighted by atomic mass is 79.9. The molecule has 0 amide bonds. The lowest BCUT2D eigenvalue weighted by Gasteiger charge is -2.07. The van der Waals surface area contributed by atoms with E-state index >= 15 is 0 Å². The molecule has 1 aromatic heterocycles. The molecular formula is C8H6BrF2NO2. The average molecular weight is 266 g/mol. The van der Waals surface area contributed by atoms with Gasteiger partial charge in [0.1, 0.15) is 5.69 Å². The van der Waals surface area contributed by atoms with Crippen LogP contribution in [0.25, 0.3) is 0 Å². The Morgan fingerprint density at radius 2 is 2.29 bits per heavy atom. The van der Waals surface area contributed by atoms with Crippen molar-refractivity contribution in [2.24, 2.45) is 0 Å². The molecule has 76 valence electrons. The van der Waals surface area contributed by atoms with Crippen LogP contribution in [0.4, 0.5) is 8.78 Å². The minimum absolute atomic E-state index is 0.107. The Labute approximate surface area is 87.2 Å². The van der Waals surface area contributed by atoms with Crippen LogP contribution in [0.1, 0.15) is 22.5 Å². The molecule has 0 atom stereocenters. The van der Waals surface area contributed by atoms with Crippen molar-refractivity contribution in [3.05, 3.63) is 21.8 Å². The fraction of sp³-hybridized carbons (Fsp3) is 0.250. The number of alkyl halides is 2. The first-order valence-corrected chi connectivity index (χ1v) is 4.37. The molecule has 0 aliphatic heterocycles. The van der Waals surface area contributed by atoms with Gasteiger partial charge in [-0.2, -0.15) is 0 Å². The monoisotopic (exact) mass is 265 g/mol. The van der Waals surface area contributed by atoms with Gasteiger partial charge in [-0.05, 0) is 22.0 Å². The number of ether oxygens (including phenoxy) is 1. The van der Waals surface area contributed by atoms with E-state index in [-0.39, 0.29) is 15.9 Å². The first-order chi connectivity index (χ1) is 6.60. The fourth-order valence-corrected chi connectivity index (χ4v) is 1.39. The highest BCUT2D eigenvalue weighted by molar-refractivity contribution is 9.10. The van der Waals surface area contributed by atoms with Gasteiger partial charge in [0.25, 0.3) is 6.43 Å². The van der Waals surface area contributed by atoms with E-state index in [9.17, 15) is 13.6 Å². The number of carbonyl (C=O) groups is 1. The molecule has 0 saturated heterocycles. The SMILES string of the molecule is COc1nc(C(F)F)cc(Br)c1C=O. The number of aromatic nitrogens is 1. The van der Waals surface area contributed by atoms with Gasteiger partial charge in [-0.15, -0.1) is 0 Å². The Balaban J connectivity index is 3.31. The smallest absolute Gasteiger partial charge is 0.280 e. The second-order valence-corrected chi connectivity index (χ2v) is 3.22. The first-order valence-electron chi connectivity index (χ1n) is 3.58. The summed E-state index contributed by atoms with van der Waals surface area (Å²) in [5.41, 5.74) is -0.309. The molecule has 0 bridgehead atoms. The summed E-state index contributed by atoms with van der Waals surface area (Å²) in [6.07, 6.45) is -2.20. The van der Waals surface area contributed by atoms with Crippen LogP contribution in [0.15, 0.2) is 10.5 Å². The molecule has 0 unspecified atom stereocenters. The van der Waals surface area contributed by atoms with Crippen LogP contribution in [-0.4, -0.2) is 18.4 Å². The zero-order chi connectivity index (χ0) is 10.7. The number of carbonyl (C=O) groups excluding carboxylic acids is 1. The lowest BCUT2D eigenvalue weighted by molar-refractivity contribution is 0.111. The first kappa shape index (κ1) is 11.0. The van der Waals surface area contributed by atoms with Crippen LogP contribution in [0.3, 0.4) is 0 Å². The van der Waals surface area contributed by atoms with Crippen LogP contribution < -0.4 is 4.74 Å². The third kappa shape index (κ3) is 2.06. The van der Waals surface area contributed by atoms with E-state index in [1.165, 1.54) is 7.11 Å². The molecule has 0 radical (unpaired) electrons. The van der Waals surface area contributed by atoms with Crippen molar-refractivity contribution in [3.8, 4) is 5.88 Å². The van der Waals surface area contributed by atoms with E-state index in [2.05, 4.69) is 20.9 Å². The highest BCUT2D eigenvalue weighted by Crippen LogP contribution is 2.28. The number of pyridine rings is 1. The molecule has 6 heteroatoms. The summed E-state index contributed by atoms with van der Waals surface area (Å²) in [7, 11) is 1.26. The van der Waals surface area contributed by atoms with Gasteiger partial charge in [0.05, 0.1) is 12.7 Å². The van der Waals surface area contributed by atoms with Gasteiger partial charge in [0, 0.05) is 4.47 Å². The van der Waals surface area contributed by atoms with Crippen molar-refractivity contribution >= 4 is 22.2 Å². The van der Waals surface area contributed by atoms with E-state index in [1.54, 1.807) is 0 Å². The summed E-state index contributed by atoms with van der Waals surface area (Å²) < 4.78 is 29.5. The van der Waals surface area contributed by atoms with Crippen LogP contribution in [0.2, 0.25) is 0 Å². The molecule has 0 spiro atoms. The summed E-state index contributed by atoms with van der Waals surface area (Å²) in [4.78, 5) is 14.0. The minimum atomic E-state index is -2.69. The fourth-order valence-electron chi connectivity index (χ4n) is 0.894. The van der Waals surface area contributed by atoms with E-state index in [0.29, 0.717) is 6.29 Å². The molecule has 0 fully saturated rings. The number of rotatable bonds is 3. The second kappa shape index (κ2) is 4.45. The standard InChI is InChI=1S/C8H6BrF2NO2/c1-14-8-4(3-13)5(9)2-6(12-8)7(10)11/h2-3,7H,1H3. The van der Waals surface area contributed by atoms with Gasteiger partial charge in [-0.1, -0.05) is 0 Å². The third-order valence-corrected chi connectivity index (χ3v) is 2.18. The number of aldehydes is 1. The zero-order valence-electron chi connectivity index (χ0n) is 7.13. The van der Waals surface area contributed by atoms with Crippen LogP contribution >= 0.6 is 15.9 Å². The predicted octanol–water partition coefficient (Wildman–Crippen LogP) is 2.60. The molecule has 0 aliphatic rings. The molecule has 3 nitrogen and oxygen atoms in total. The van der Waals surface area contributed by atoms with Crippen LogP contribution in [-0.2, 0) is 0 Å². The van der Waals surface area contributed by atoms with Crippen LogP contribution in [0.5, 0.6) is 5.88 Å². The minimum Gasteiger partial charge on any atom is -0.480 e. The summed E-state index contributed by atoms with van der Waals surface area (Å²) >= 11 is 2.98. The Bertz CT molecular complexity index is 357. The number of nitrogens with zero attached hydrogens (tertiary/aromatic N) is 1. The molecule has 14 heavy (non-hydrogen) atoms. The average Bonchev–Trinajstić information content (AvgIpc) is 2.16. The molecule has 1 heterocycles. The molecule has 0 aliphatic carbocycles. The number of methoxy groups -OCH3 is 1. The second-order valence-electron chi connectivity index (χ2n) is 2.37. The maximum atomic E-state index is 12.3. The van der Waals surface area contributed by atoms with Crippen molar-refractivity contribution in [1.82, 2.24) is 4.98 Å². The lowest BCUT2D eigenvalue weighted by Crippen LogP contribution is -1.99. The Morgan fingerprint density at radius 3 is 2.71 bits per heavy atom. The summed E-state index contributed by atoms with van der Waals surface area (Å²) in [6, 6.07) is 1.09. The van der Waals surface area contributed by atoms with E-state index in [4.69, 9.17) is 4.74 Å². The van der Waals surface area contributed by atoms with Gasteiger partial charge in [-0.25, -0.2) is 13.8 Å². The van der Waals surface area contributed by atoms with E-state index in [1.807, 2.05) is 0 Å². The van der Waals surface area contributed by atoms with Gasteiger partial charge in [0.15, 0.2) is 6.29 Å². The summed E-state index contributed by atoms with van der Waals surface area (Å²) in [5, 5.41) is 0. The number of halogens is 3. The van der Waals surface area contributed by atoms with Crippen molar-refractivity contribution in [2.75, 3.05) is 7.11 Å².